The predicted molar refractivity (Wildman–Crippen MR) is 110 cm³/mol. The van der Waals surface area contributed by atoms with E-state index in [0.29, 0.717) is 46.8 Å². The molecule has 1 N–H and O–H groups in total. The number of rotatable bonds is 3. The van der Waals surface area contributed by atoms with Gasteiger partial charge in [-0.15, -0.1) is 0 Å². The van der Waals surface area contributed by atoms with Gasteiger partial charge in [-0.25, -0.2) is 0 Å². The fourth-order valence-electron chi connectivity index (χ4n) is 4.30. The molecule has 0 amide bonds. The molecular formula is C23H21N3O4. The van der Waals surface area contributed by atoms with E-state index in [0.717, 1.165) is 5.70 Å². The number of ketones is 1. The van der Waals surface area contributed by atoms with Crippen molar-refractivity contribution >= 4 is 11.5 Å². The molecular weight excluding hydrogens is 382 g/mol. The molecule has 1 aromatic heterocycles. The van der Waals surface area contributed by atoms with Crippen molar-refractivity contribution in [3.63, 3.8) is 0 Å². The first-order valence-corrected chi connectivity index (χ1v) is 9.69. The monoisotopic (exact) mass is 403 g/mol. The van der Waals surface area contributed by atoms with E-state index >= 15 is 0 Å². The molecule has 2 aromatic rings. The number of allylic oxidation sites excluding steroid dienone is 4. The topological polar surface area (TPSA) is 109 Å². The summed E-state index contributed by atoms with van der Waals surface area (Å²) in [4.78, 5) is 23.7. The molecule has 1 aliphatic carbocycles. The summed E-state index contributed by atoms with van der Waals surface area (Å²) in [6, 6.07) is 11.9. The summed E-state index contributed by atoms with van der Waals surface area (Å²) in [5, 5.41) is 24.1. The van der Waals surface area contributed by atoms with Gasteiger partial charge in [0.05, 0.1) is 22.5 Å². The van der Waals surface area contributed by atoms with Gasteiger partial charge in [0.25, 0.3) is 5.69 Å². The van der Waals surface area contributed by atoms with Crippen LogP contribution in [0.3, 0.4) is 0 Å². The Morgan fingerprint density at radius 1 is 1.27 bits per heavy atom. The Kier molecular flexibility index (Phi) is 4.58. The van der Waals surface area contributed by atoms with Crippen molar-refractivity contribution in [1.82, 2.24) is 5.32 Å². The molecule has 0 unspecified atom stereocenters. The molecule has 1 aliphatic heterocycles. The van der Waals surface area contributed by atoms with Crippen molar-refractivity contribution in [2.24, 2.45) is 5.41 Å². The van der Waals surface area contributed by atoms with E-state index in [1.807, 2.05) is 6.92 Å². The Labute approximate surface area is 173 Å². The highest BCUT2D eigenvalue weighted by atomic mass is 16.6. The van der Waals surface area contributed by atoms with E-state index in [1.54, 1.807) is 24.3 Å². The zero-order chi connectivity index (χ0) is 21.6. The van der Waals surface area contributed by atoms with Crippen LogP contribution in [0.15, 0.2) is 63.4 Å². The van der Waals surface area contributed by atoms with E-state index in [2.05, 4.69) is 25.2 Å². The number of hydrogen-bond acceptors (Lipinski definition) is 6. The van der Waals surface area contributed by atoms with Crippen LogP contribution >= 0.6 is 0 Å². The lowest BCUT2D eigenvalue weighted by atomic mass is 9.70. The van der Waals surface area contributed by atoms with Gasteiger partial charge in [0, 0.05) is 41.1 Å². The molecule has 4 rings (SSSR count). The van der Waals surface area contributed by atoms with Gasteiger partial charge < -0.3 is 9.73 Å². The van der Waals surface area contributed by atoms with Gasteiger partial charge in [-0.2, -0.15) is 5.26 Å². The number of nitrogens with zero attached hydrogens (tertiary/aromatic N) is 2. The van der Waals surface area contributed by atoms with E-state index in [9.17, 15) is 20.2 Å². The first-order chi connectivity index (χ1) is 14.2. The summed E-state index contributed by atoms with van der Waals surface area (Å²) < 4.78 is 6.05. The Morgan fingerprint density at radius 3 is 2.73 bits per heavy atom. The number of nitro benzene ring substituents is 1. The lowest BCUT2D eigenvalue weighted by molar-refractivity contribution is -0.384. The second-order valence-electron chi connectivity index (χ2n) is 8.55. The van der Waals surface area contributed by atoms with Crippen molar-refractivity contribution < 1.29 is 14.1 Å². The average molecular weight is 403 g/mol. The number of carbonyl (C=O) groups excluding carboxylic acids is 1. The zero-order valence-electron chi connectivity index (χ0n) is 17.0. The third-order valence-corrected chi connectivity index (χ3v) is 5.61. The van der Waals surface area contributed by atoms with Crippen LogP contribution < -0.4 is 5.32 Å². The fourth-order valence-corrected chi connectivity index (χ4v) is 4.30. The van der Waals surface area contributed by atoms with Crippen LogP contribution in [0.25, 0.3) is 11.3 Å². The number of furan rings is 1. The lowest BCUT2D eigenvalue weighted by Gasteiger charge is -2.38. The molecule has 0 radical (unpaired) electrons. The standard InChI is InChI=1S/C23H21N3O4/c1-13-16(12-24)21(22-17(25-13)10-23(2,3)11-18(22)27)20-8-7-19(30-20)14-5-4-6-15(9-14)26(28)29/h4-9,21,25H,10-11H2,1-3H3/t21-/m1/s1. The maximum Gasteiger partial charge on any atom is 0.270 e. The second-order valence-corrected chi connectivity index (χ2v) is 8.55. The molecule has 0 spiro atoms. The molecule has 2 aliphatic rings. The predicted octanol–water partition coefficient (Wildman–Crippen LogP) is 4.98. The first-order valence-electron chi connectivity index (χ1n) is 9.69. The van der Waals surface area contributed by atoms with E-state index in [1.165, 1.54) is 12.1 Å². The Morgan fingerprint density at radius 2 is 2.03 bits per heavy atom. The number of dihydropyridines is 1. The summed E-state index contributed by atoms with van der Waals surface area (Å²) in [5.41, 5.74) is 2.95. The van der Waals surface area contributed by atoms with E-state index in [-0.39, 0.29) is 16.9 Å². The zero-order valence-corrected chi connectivity index (χ0v) is 17.0. The Hall–Kier alpha value is -3.66. The van der Waals surface area contributed by atoms with Crippen LogP contribution in [-0.2, 0) is 4.79 Å². The molecule has 152 valence electrons. The normalized spacial score (nSPS) is 20.5. The SMILES string of the molecule is CC1=C(C#N)[C@H](c2ccc(-c3cccc([N+](=O)[O-])c3)o2)C2=C(CC(C)(C)CC2=O)N1. The van der Waals surface area contributed by atoms with Crippen LogP contribution in [-0.4, -0.2) is 10.7 Å². The van der Waals surface area contributed by atoms with Gasteiger partial charge in [0.2, 0.25) is 0 Å². The summed E-state index contributed by atoms with van der Waals surface area (Å²) in [5.74, 6) is 0.358. The summed E-state index contributed by atoms with van der Waals surface area (Å²) in [6.45, 7) is 5.93. The minimum Gasteiger partial charge on any atom is -0.460 e. The van der Waals surface area contributed by atoms with Crippen molar-refractivity contribution in [2.75, 3.05) is 0 Å². The van der Waals surface area contributed by atoms with E-state index < -0.39 is 10.8 Å². The first kappa shape index (κ1) is 19.6. The smallest absolute Gasteiger partial charge is 0.270 e. The molecule has 2 heterocycles. The van der Waals surface area contributed by atoms with Crippen LogP contribution in [0.1, 0.15) is 45.3 Å². The average Bonchev–Trinajstić information content (AvgIpc) is 3.16. The molecule has 7 heteroatoms. The van der Waals surface area contributed by atoms with Crippen LogP contribution in [0.5, 0.6) is 0 Å². The number of non-ortho nitro benzene ring substituents is 1. The van der Waals surface area contributed by atoms with Gasteiger partial charge in [0.15, 0.2) is 5.78 Å². The van der Waals surface area contributed by atoms with Gasteiger partial charge in [-0.3, -0.25) is 14.9 Å². The minimum absolute atomic E-state index is 0.00676. The summed E-state index contributed by atoms with van der Waals surface area (Å²) in [6.07, 6.45) is 1.11. The van der Waals surface area contributed by atoms with Crippen LogP contribution in [0.2, 0.25) is 0 Å². The summed E-state index contributed by atoms with van der Waals surface area (Å²) in [7, 11) is 0. The van der Waals surface area contributed by atoms with Gasteiger partial charge in [-0.1, -0.05) is 26.0 Å². The number of benzene rings is 1. The van der Waals surface area contributed by atoms with Crippen LogP contribution in [0, 0.1) is 26.9 Å². The van der Waals surface area contributed by atoms with Crippen LogP contribution in [0.4, 0.5) is 5.69 Å². The molecule has 1 atom stereocenters. The lowest BCUT2D eigenvalue weighted by Crippen LogP contribution is -2.36. The Balaban J connectivity index is 1.80. The molecule has 1 aromatic carbocycles. The fraction of sp³-hybridized carbons (Fsp3) is 0.304. The van der Waals surface area contributed by atoms with Crippen molar-refractivity contribution in [3.8, 4) is 17.4 Å². The van der Waals surface area contributed by atoms with Crippen molar-refractivity contribution in [2.45, 2.75) is 39.5 Å². The van der Waals surface area contributed by atoms with Gasteiger partial charge in [0.1, 0.15) is 11.5 Å². The molecule has 30 heavy (non-hydrogen) atoms. The molecule has 0 saturated heterocycles. The third-order valence-electron chi connectivity index (χ3n) is 5.61. The highest BCUT2D eigenvalue weighted by molar-refractivity contribution is 6.00. The maximum absolute atomic E-state index is 13.0. The largest absolute Gasteiger partial charge is 0.460 e. The van der Waals surface area contributed by atoms with Crippen molar-refractivity contribution in [1.29, 1.82) is 5.26 Å². The van der Waals surface area contributed by atoms with Gasteiger partial charge in [-0.05, 0) is 30.9 Å². The molecule has 0 fully saturated rings. The highest BCUT2D eigenvalue weighted by Gasteiger charge is 2.42. The van der Waals surface area contributed by atoms with E-state index in [4.69, 9.17) is 4.42 Å². The highest BCUT2D eigenvalue weighted by Crippen LogP contribution is 2.47. The number of nitro groups is 1. The third kappa shape index (κ3) is 3.30. The molecule has 0 saturated carbocycles. The number of Topliss-reactive ketones (excluding diaryl/α,β-unsaturated/α-hetero) is 1. The summed E-state index contributed by atoms with van der Waals surface area (Å²) >= 11 is 0. The number of hydrogen-bond donors (Lipinski definition) is 1. The number of nitriles is 1. The number of carbonyl (C=O) groups is 1. The molecule has 0 bridgehead atoms. The second kappa shape index (κ2) is 6.99. The maximum atomic E-state index is 13.0. The van der Waals surface area contributed by atoms with Gasteiger partial charge >= 0.3 is 0 Å². The Bertz CT molecular complexity index is 1180. The van der Waals surface area contributed by atoms with Crippen molar-refractivity contribution in [3.05, 3.63) is 74.8 Å². The quantitative estimate of drug-likeness (QED) is 0.572. The molecule has 7 nitrogen and oxygen atoms in total. The number of nitrogens with one attached hydrogen (secondary N) is 1. The minimum atomic E-state index is -0.581.